The molecule has 160 valence electrons. The molecule has 1 nitrogen and oxygen atoms in total. The number of rotatable bonds is 4. The molecule has 4 aliphatic rings. The third-order valence-electron chi connectivity index (χ3n) is 10.2. The Balaban J connectivity index is 1.60. The first-order valence-electron chi connectivity index (χ1n) is 12.9. The molecular weight excluding hydrogens is 366 g/mol. The SMILES string of the molecule is CN(C)c1ccccc1[Si](C)(C1CCC2CCCCC21)C1CCC2CCCCC21. The highest BCUT2D eigenvalue weighted by molar-refractivity contribution is 6.94. The van der Waals surface area contributed by atoms with Gasteiger partial charge in [0, 0.05) is 19.8 Å². The Kier molecular flexibility index (Phi) is 5.60. The number of hydrogen-bond donors (Lipinski definition) is 0. The second-order valence-electron chi connectivity index (χ2n) is 11.5. The molecule has 0 amide bonds. The fraction of sp³-hybridized carbons (Fsp3) is 0.778. The van der Waals surface area contributed by atoms with Gasteiger partial charge < -0.3 is 4.90 Å². The van der Waals surface area contributed by atoms with E-state index in [0.29, 0.717) is 0 Å². The standard InChI is InChI=1S/C27H43NSi/c1-28(2)24-14-8-9-15-27(24)29(3,25-18-16-20-10-4-6-12-22(20)25)26-19-17-21-11-5-7-13-23(21)26/h8-9,14-15,20-23,25-26H,4-7,10-13,16-19H2,1-3H3. The quantitative estimate of drug-likeness (QED) is 0.485. The van der Waals surface area contributed by atoms with Crippen molar-refractivity contribution in [2.45, 2.75) is 94.7 Å². The molecule has 0 aromatic heterocycles. The molecule has 6 unspecified atom stereocenters. The first-order valence-corrected chi connectivity index (χ1v) is 15.5. The van der Waals surface area contributed by atoms with Crippen LogP contribution in [0, 0.1) is 23.7 Å². The Morgan fingerprint density at radius 2 is 1.21 bits per heavy atom. The lowest BCUT2D eigenvalue weighted by molar-refractivity contribution is 0.264. The summed E-state index contributed by atoms with van der Waals surface area (Å²) < 4.78 is 0. The lowest BCUT2D eigenvalue weighted by Crippen LogP contribution is -2.56. The lowest BCUT2D eigenvalue weighted by atomic mass is 9.81. The number of para-hydroxylation sites is 1. The van der Waals surface area contributed by atoms with Crippen LogP contribution in [-0.2, 0) is 0 Å². The monoisotopic (exact) mass is 409 g/mol. The summed E-state index contributed by atoms with van der Waals surface area (Å²) in [4.78, 5) is 2.43. The molecule has 0 N–H and O–H groups in total. The van der Waals surface area contributed by atoms with Gasteiger partial charge in [-0.15, -0.1) is 0 Å². The molecule has 4 saturated carbocycles. The zero-order chi connectivity index (χ0) is 20.0. The molecule has 1 aromatic rings. The van der Waals surface area contributed by atoms with Gasteiger partial charge in [0.15, 0.2) is 0 Å². The molecular formula is C27H43NSi. The van der Waals surface area contributed by atoms with Crippen molar-refractivity contribution in [1.82, 2.24) is 0 Å². The van der Waals surface area contributed by atoms with Crippen molar-refractivity contribution in [1.29, 1.82) is 0 Å². The van der Waals surface area contributed by atoms with E-state index in [0.717, 1.165) is 34.8 Å². The number of anilines is 1. The molecule has 0 bridgehead atoms. The molecule has 2 heteroatoms. The van der Waals surface area contributed by atoms with Crippen LogP contribution in [0.3, 0.4) is 0 Å². The maximum Gasteiger partial charge on any atom is 0.0930 e. The summed E-state index contributed by atoms with van der Waals surface area (Å²) in [6.45, 7) is 2.89. The van der Waals surface area contributed by atoms with Crippen LogP contribution in [0.1, 0.15) is 77.0 Å². The Labute approximate surface area is 180 Å². The smallest absolute Gasteiger partial charge is 0.0930 e. The average Bonchev–Trinajstić information content (AvgIpc) is 3.38. The molecule has 0 aliphatic heterocycles. The number of benzene rings is 1. The fourth-order valence-electron chi connectivity index (χ4n) is 8.95. The average molecular weight is 410 g/mol. The molecule has 4 aliphatic carbocycles. The van der Waals surface area contributed by atoms with E-state index in [4.69, 9.17) is 0 Å². The summed E-state index contributed by atoms with van der Waals surface area (Å²) in [5.74, 6) is 4.24. The van der Waals surface area contributed by atoms with E-state index in [2.05, 4.69) is 49.8 Å². The van der Waals surface area contributed by atoms with Crippen LogP contribution in [0.5, 0.6) is 0 Å². The van der Waals surface area contributed by atoms with Crippen molar-refractivity contribution >= 4 is 18.9 Å². The van der Waals surface area contributed by atoms with Gasteiger partial charge in [0.05, 0.1) is 8.07 Å². The Bertz CT molecular complexity index is 680. The topological polar surface area (TPSA) is 3.24 Å². The number of nitrogens with zero attached hydrogens (tertiary/aromatic N) is 1. The van der Waals surface area contributed by atoms with Crippen LogP contribution in [0.2, 0.25) is 17.6 Å². The summed E-state index contributed by atoms with van der Waals surface area (Å²) in [5, 5.41) is 1.83. The summed E-state index contributed by atoms with van der Waals surface area (Å²) in [5.41, 5.74) is 3.64. The minimum Gasteiger partial charge on any atom is -0.378 e. The van der Waals surface area contributed by atoms with Gasteiger partial charge in [-0.25, -0.2) is 0 Å². The van der Waals surface area contributed by atoms with E-state index < -0.39 is 8.07 Å². The van der Waals surface area contributed by atoms with Crippen molar-refractivity contribution in [3.63, 3.8) is 0 Å². The van der Waals surface area contributed by atoms with Gasteiger partial charge in [0.25, 0.3) is 0 Å². The maximum absolute atomic E-state index is 2.89. The lowest BCUT2D eigenvalue weighted by Gasteiger charge is -2.48. The molecule has 0 heterocycles. The highest BCUT2D eigenvalue weighted by Crippen LogP contribution is 2.61. The fourth-order valence-corrected chi connectivity index (χ4v) is 15.8. The van der Waals surface area contributed by atoms with E-state index in [-0.39, 0.29) is 0 Å². The van der Waals surface area contributed by atoms with Gasteiger partial charge in [-0.1, -0.05) is 102 Å². The first-order chi connectivity index (χ1) is 14.1. The zero-order valence-corrected chi connectivity index (χ0v) is 20.2. The first kappa shape index (κ1) is 20.2. The third kappa shape index (κ3) is 3.32. The summed E-state index contributed by atoms with van der Waals surface area (Å²) in [6.07, 6.45) is 18.4. The third-order valence-corrected chi connectivity index (χ3v) is 16.3. The van der Waals surface area contributed by atoms with Crippen molar-refractivity contribution in [3.8, 4) is 0 Å². The molecule has 0 spiro atoms. The van der Waals surface area contributed by atoms with Crippen molar-refractivity contribution < 1.29 is 0 Å². The van der Waals surface area contributed by atoms with E-state index >= 15 is 0 Å². The van der Waals surface area contributed by atoms with E-state index in [1.165, 1.54) is 38.5 Å². The van der Waals surface area contributed by atoms with Gasteiger partial charge >= 0.3 is 0 Å². The molecule has 0 radical (unpaired) electrons. The Morgan fingerprint density at radius 3 is 1.76 bits per heavy atom. The normalized spacial score (nSPS) is 38.9. The van der Waals surface area contributed by atoms with Crippen LogP contribution in [0.25, 0.3) is 0 Å². The van der Waals surface area contributed by atoms with Gasteiger partial charge in [-0.05, 0) is 46.0 Å². The molecule has 1 aromatic carbocycles. The molecule has 0 saturated heterocycles. The van der Waals surface area contributed by atoms with E-state index in [9.17, 15) is 0 Å². The molecule has 4 fully saturated rings. The molecule has 29 heavy (non-hydrogen) atoms. The van der Waals surface area contributed by atoms with Crippen molar-refractivity contribution in [3.05, 3.63) is 24.3 Å². The second kappa shape index (κ2) is 8.06. The van der Waals surface area contributed by atoms with E-state index in [1.807, 2.05) is 5.19 Å². The number of fused-ring (bicyclic) bond motifs is 2. The predicted molar refractivity (Wildman–Crippen MR) is 129 cm³/mol. The Morgan fingerprint density at radius 1 is 0.690 bits per heavy atom. The zero-order valence-electron chi connectivity index (χ0n) is 19.2. The maximum atomic E-state index is 2.89. The Hall–Kier alpha value is -0.763. The molecule has 6 atom stereocenters. The van der Waals surface area contributed by atoms with Crippen LogP contribution >= 0.6 is 0 Å². The van der Waals surface area contributed by atoms with Gasteiger partial charge in [-0.2, -0.15) is 0 Å². The van der Waals surface area contributed by atoms with Gasteiger partial charge in [0.2, 0.25) is 0 Å². The van der Waals surface area contributed by atoms with Gasteiger partial charge in [-0.3, -0.25) is 0 Å². The summed E-state index contributed by atoms with van der Waals surface area (Å²) in [6, 6.07) is 9.67. The highest BCUT2D eigenvalue weighted by Gasteiger charge is 2.57. The van der Waals surface area contributed by atoms with Gasteiger partial charge in [0.1, 0.15) is 0 Å². The van der Waals surface area contributed by atoms with Crippen LogP contribution in [-0.4, -0.2) is 22.2 Å². The van der Waals surface area contributed by atoms with Crippen LogP contribution in [0.4, 0.5) is 5.69 Å². The van der Waals surface area contributed by atoms with Crippen LogP contribution < -0.4 is 10.1 Å². The second-order valence-corrected chi connectivity index (χ2v) is 16.1. The largest absolute Gasteiger partial charge is 0.378 e. The highest BCUT2D eigenvalue weighted by atomic mass is 28.3. The predicted octanol–water partition coefficient (Wildman–Crippen LogP) is 6.98. The minimum atomic E-state index is -1.62. The van der Waals surface area contributed by atoms with Crippen LogP contribution in [0.15, 0.2) is 24.3 Å². The molecule has 5 rings (SSSR count). The van der Waals surface area contributed by atoms with Crippen molar-refractivity contribution in [2.75, 3.05) is 19.0 Å². The summed E-state index contributed by atoms with van der Waals surface area (Å²) >= 11 is 0. The van der Waals surface area contributed by atoms with Crippen molar-refractivity contribution in [2.24, 2.45) is 23.7 Å². The number of hydrogen-bond acceptors (Lipinski definition) is 1. The van der Waals surface area contributed by atoms with E-state index in [1.54, 1.807) is 44.2 Å². The summed E-state index contributed by atoms with van der Waals surface area (Å²) in [7, 11) is 2.94. The minimum absolute atomic E-state index is 1.04.